The second-order valence-corrected chi connectivity index (χ2v) is 3.57. The summed E-state index contributed by atoms with van der Waals surface area (Å²) in [5.41, 5.74) is 0.433. The fourth-order valence-electron chi connectivity index (χ4n) is 1.37. The Bertz CT molecular complexity index is 433. The van der Waals surface area contributed by atoms with Gasteiger partial charge in [0, 0.05) is 5.69 Å². The van der Waals surface area contributed by atoms with Crippen LogP contribution in [0.3, 0.4) is 0 Å². The topological polar surface area (TPSA) is 77.5 Å². The summed E-state index contributed by atoms with van der Waals surface area (Å²) in [6, 6.07) is 8.30. The van der Waals surface area contributed by atoms with Crippen LogP contribution in [0.15, 0.2) is 30.3 Å². The minimum Gasteiger partial charge on any atom is -0.548 e. The SMILES string of the molecule is CC(=O)CC(=O)N(CC(=O)[O-])c1ccccc1.[Na+]. The van der Waals surface area contributed by atoms with E-state index < -0.39 is 18.4 Å². The zero-order valence-electron chi connectivity index (χ0n) is 10.4. The maximum Gasteiger partial charge on any atom is 1.00 e. The van der Waals surface area contributed by atoms with Crippen molar-refractivity contribution in [1.29, 1.82) is 0 Å². The van der Waals surface area contributed by atoms with Crippen molar-refractivity contribution in [2.24, 2.45) is 0 Å². The molecule has 0 fully saturated rings. The van der Waals surface area contributed by atoms with Crippen molar-refractivity contribution in [2.75, 3.05) is 11.4 Å². The van der Waals surface area contributed by atoms with E-state index in [1.54, 1.807) is 30.3 Å². The molecule has 0 saturated heterocycles. The number of carboxylic acid groups (broad SMARTS) is 1. The number of para-hydroxylation sites is 1. The van der Waals surface area contributed by atoms with Gasteiger partial charge in [0.1, 0.15) is 5.78 Å². The molecular weight excluding hydrogens is 245 g/mol. The number of rotatable bonds is 5. The maximum absolute atomic E-state index is 11.7. The van der Waals surface area contributed by atoms with Gasteiger partial charge in [0.05, 0.1) is 18.9 Å². The predicted molar refractivity (Wildman–Crippen MR) is 59.1 cm³/mol. The van der Waals surface area contributed by atoms with Crippen LogP contribution in [0.25, 0.3) is 0 Å². The Labute approximate surface area is 127 Å². The number of nitrogens with zero attached hydrogens (tertiary/aromatic N) is 1. The van der Waals surface area contributed by atoms with Gasteiger partial charge in [0.2, 0.25) is 5.91 Å². The molecule has 0 spiro atoms. The van der Waals surface area contributed by atoms with Crippen molar-refractivity contribution in [3.8, 4) is 0 Å². The largest absolute Gasteiger partial charge is 1.00 e. The number of carboxylic acids is 1. The molecule has 0 bridgehead atoms. The molecule has 0 N–H and O–H groups in total. The number of ketones is 1. The Hall–Kier alpha value is -1.17. The van der Waals surface area contributed by atoms with Gasteiger partial charge in [-0.1, -0.05) is 18.2 Å². The van der Waals surface area contributed by atoms with Crippen LogP contribution in [0.5, 0.6) is 0 Å². The van der Waals surface area contributed by atoms with Crippen LogP contribution in [0.2, 0.25) is 0 Å². The van der Waals surface area contributed by atoms with E-state index in [-0.39, 0.29) is 41.8 Å². The van der Waals surface area contributed by atoms with Gasteiger partial charge in [0.25, 0.3) is 0 Å². The normalized spacial score (nSPS) is 9.17. The second-order valence-electron chi connectivity index (χ2n) is 3.57. The zero-order valence-corrected chi connectivity index (χ0v) is 12.4. The van der Waals surface area contributed by atoms with Crippen molar-refractivity contribution in [3.05, 3.63) is 30.3 Å². The first-order chi connectivity index (χ1) is 8.00. The van der Waals surface area contributed by atoms with E-state index in [0.717, 1.165) is 4.90 Å². The van der Waals surface area contributed by atoms with Crippen LogP contribution in [0.1, 0.15) is 13.3 Å². The van der Waals surface area contributed by atoms with Gasteiger partial charge in [-0.15, -0.1) is 0 Å². The number of carbonyl (C=O) groups excluding carboxylic acids is 3. The minimum atomic E-state index is -1.37. The van der Waals surface area contributed by atoms with Crippen molar-refractivity contribution in [2.45, 2.75) is 13.3 Å². The summed E-state index contributed by atoms with van der Waals surface area (Å²) in [4.78, 5) is 34.2. The standard InChI is InChI=1S/C12H13NO4.Na/c1-9(14)7-11(15)13(8-12(16)17)10-5-3-2-4-6-10;/h2-6H,7-8H2,1H3,(H,16,17);/q;+1/p-1. The number of hydrogen-bond acceptors (Lipinski definition) is 4. The van der Waals surface area contributed by atoms with E-state index in [2.05, 4.69) is 0 Å². The van der Waals surface area contributed by atoms with Crippen LogP contribution in [0, 0.1) is 0 Å². The van der Waals surface area contributed by atoms with Crippen molar-refractivity contribution in [1.82, 2.24) is 0 Å². The summed E-state index contributed by atoms with van der Waals surface area (Å²) in [5.74, 6) is -2.23. The van der Waals surface area contributed by atoms with Gasteiger partial charge in [-0.25, -0.2) is 0 Å². The molecule has 0 aliphatic heterocycles. The first-order valence-electron chi connectivity index (χ1n) is 5.05. The molecule has 1 rings (SSSR count). The molecule has 6 heteroatoms. The van der Waals surface area contributed by atoms with E-state index >= 15 is 0 Å². The number of hydrogen-bond donors (Lipinski definition) is 0. The molecule has 0 aliphatic rings. The molecule has 0 saturated carbocycles. The second kappa shape index (κ2) is 8.02. The molecule has 1 amide bonds. The van der Waals surface area contributed by atoms with Crippen LogP contribution >= 0.6 is 0 Å². The summed E-state index contributed by atoms with van der Waals surface area (Å²) < 4.78 is 0. The Morgan fingerprint density at radius 1 is 1.17 bits per heavy atom. The molecular formula is C12H12NNaO4. The average Bonchev–Trinajstić information content (AvgIpc) is 2.25. The number of Topliss-reactive ketones (excluding diaryl/α,β-unsaturated/α-hetero) is 1. The Morgan fingerprint density at radius 3 is 2.17 bits per heavy atom. The Balaban J connectivity index is 0.00000289. The fraction of sp³-hybridized carbons (Fsp3) is 0.250. The number of aliphatic carboxylic acids is 1. The van der Waals surface area contributed by atoms with Crippen LogP contribution in [-0.2, 0) is 14.4 Å². The van der Waals surface area contributed by atoms with Gasteiger partial charge in [-0.2, -0.15) is 0 Å². The first-order valence-corrected chi connectivity index (χ1v) is 5.05. The molecule has 0 aliphatic carbocycles. The third kappa shape index (κ3) is 5.44. The van der Waals surface area contributed by atoms with Gasteiger partial charge >= 0.3 is 29.6 Å². The van der Waals surface area contributed by atoms with E-state index in [1.807, 2.05) is 0 Å². The van der Waals surface area contributed by atoms with E-state index in [1.165, 1.54) is 6.92 Å². The molecule has 0 aromatic heterocycles. The van der Waals surface area contributed by atoms with Gasteiger partial charge < -0.3 is 14.8 Å². The third-order valence-electron chi connectivity index (χ3n) is 2.06. The third-order valence-corrected chi connectivity index (χ3v) is 2.06. The summed E-state index contributed by atoms with van der Waals surface area (Å²) in [7, 11) is 0. The van der Waals surface area contributed by atoms with Crippen LogP contribution in [0.4, 0.5) is 5.69 Å². The molecule has 1 aromatic rings. The van der Waals surface area contributed by atoms with E-state index in [4.69, 9.17) is 0 Å². The fourth-order valence-corrected chi connectivity index (χ4v) is 1.37. The van der Waals surface area contributed by atoms with E-state index in [9.17, 15) is 19.5 Å². The number of carbonyl (C=O) groups is 3. The molecule has 0 unspecified atom stereocenters. The molecule has 18 heavy (non-hydrogen) atoms. The number of benzene rings is 1. The quantitative estimate of drug-likeness (QED) is 0.410. The first kappa shape index (κ1) is 16.8. The summed E-state index contributed by atoms with van der Waals surface area (Å²) in [6.45, 7) is 0.718. The Kier molecular flexibility index (Phi) is 7.50. The molecule has 90 valence electrons. The molecule has 0 atom stereocenters. The summed E-state index contributed by atoms with van der Waals surface area (Å²) >= 11 is 0. The van der Waals surface area contributed by atoms with E-state index in [0.29, 0.717) is 5.69 Å². The van der Waals surface area contributed by atoms with Gasteiger partial charge in [-0.3, -0.25) is 9.59 Å². The number of anilines is 1. The van der Waals surface area contributed by atoms with Crippen LogP contribution < -0.4 is 39.6 Å². The maximum atomic E-state index is 11.7. The number of amides is 1. The Morgan fingerprint density at radius 2 is 1.72 bits per heavy atom. The van der Waals surface area contributed by atoms with Gasteiger partial charge in [0.15, 0.2) is 0 Å². The molecule has 0 radical (unpaired) electrons. The van der Waals surface area contributed by atoms with Crippen molar-refractivity contribution in [3.63, 3.8) is 0 Å². The summed E-state index contributed by atoms with van der Waals surface area (Å²) in [5, 5.41) is 10.6. The summed E-state index contributed by atoms with van der Waals surface area (Å²) in [6.07, 6.45) is -0.317. The monoisotopic (exact) mass is 257 g/mol. The smallest absolute Gasteiger partial charge is 0.548 e. The average molecular weight is 257 g/mol. The van der Waals surface area contributed by atoms with Crippen LogP contribution in [-0.4, -0.2) is 24.2 Å². The zero-order chi connectivity index (χ0) is 12.8. The minimum absolute atomic E-state index is 0. The molecule has 1 aromatic carbocycles. The molecule has 5 nitrogen and oxygen atoms in total. The predicted octanol–water partition coefficient (Wildman–Crippen LogP) is -3.25. The van der Waals surface area contributed by atoms with Gasteiger partial charge in [-0.05, 0) is 19.1 Å². The van der Waals surface area contributed by atoms with Crippen molar-refractivity contribution < 1.29 is 49.0 Å². The molecule has 0 heterocycles. The van der Waals surface area contributed by atoms with Crippen molar-refractivity contribution >= 4 is 23.3 Å².